The maximum absolute atomic E-state index is 10.5. The van der Waals surface area contributed by atoms with E-state index in [1.807, 2.05) is 17.5 Å². The van der Waals surface area contributed by atoms with Crippen molar-refractivity contribution in [1.82, 2.24) is 5.32 Å². The molecule has 1 aliphatic heterocycles. The molecule has 12 heavy (non-hydrogen) atoms. The Labute approximate surface area is 74.4 Å². The molecule has 0 aromatic carbocycles. The lowest BCUT2D eigenvalue weighted by Gasteiger charge is -2.26. The van der Waals surface area contributed by atoms with Crippen LogP contribution in [0, 0.1) is 0 Å². The first-order valence-electron chi connectivity index (χ1n) is 3.80. The molecule has 0 radical (unpaired) electrons. The maximum Gasteiger partial charge on any atom is 0.222 e. The van der Waals surface area contributed by atoms with Crippen LogP contribution in [0.25, 0.3) is 0 Å². The Morgan fingerprint density at radius 3 is 3.17 bits per heavy atom. The number of β-lactam (4-membered cyclic amide) rings is 1. The van der Waals surface area contributed by atoms with Crippen molar-refractivity contribution in [3.8, 4) is 5.06 Å². The Morgan fingerprint density at radius 1 is 1.75 bits per heavy atom. The number of nitrogens with one attached hydrogen (secondary N) is 1. The van der Waals surface area contributed by atoms with Gasteiger partial charge in [-0.3, -0.25) is 4.79 Å². The molecule has 1 aromatic rings. The third-order valence-electron chi connectivity index (χ3n) is 1.72. The van der Waals surface area contributed by atoms with Crippen LogP contribution < -0.4 is 10.1 Å². The molecule has 2 heterocycles. The highest BCUT2D eigenvalue weighted by molar-refractivity contribution is 7.11. The van der Waals surface area contributed by atoms with Crippen molar-refractivity contribution in [2.24, 2.45) is 0 Å². The molecule has 1 fully saturated rings. The van der Waals surface area contributed by atoms with Crippen molar-refractivity contribution in [3.05, 3.63) is 17.5 Å². The molecule has 64 valence electrons. The lowest BCUT2D eigenvalue weighted by atomic mass is 10.1. The van der Waals surface area contributed by atoms with Gasteiger partial charge in [0.1, 0.15) is 6.61 Å². The lowest BCUT2D eigenvalue weighted by Crippen LogP contribution is -2.51. The highest BCUT2D eigenvalue weighted by Crippen LogP contribution is 2.19. The van der Waals surface area contributed by atoms with Crippen LogP contribution in [0.5, 0.6) is 5.06 Å². The fourth-order valence-corrected chi connectivity index (χ4v) is 1.64. The fraction of sp³-hybridized carbons (Fsp3) is 0.375. The topological polar surface area (TPSA) is 38.3 Å². The van der Waals surface area contributed by atoms with Crippen molar-refractivity contribution in [2.75, 3.05) is 6.61 Å². The van der Waals surface area contributed by atoms with E-state index < -0.39 is 0 Å². The van der Waals surface area contributed by atoms with Crippen molar-refractivity contribution >= 4 is 17.2 Å². The van der Waals surface area contributed by atoms with Crippen LogP contribution in [-0.2, 0) is 4.79 Å². The fourth-order valence-electron chi connectivity index (χ4n) is 1.06. The molecule has 1 amide bonds. The Bertz CT molecular complexity index is 263. The molecule has 1 aromatic heterocycles. The van der Waals surface area contributed by atoms with Gasteiger partial charge in [-0.1, -0.05) is 0 Å². The first-order valence-corrected chi connectivity index (χ1v) is 4.68. The molecular formula is C8H9NO2S. The van der Waals surface area contributed by atoms with Crippen LogP contribution in [0.1, 0.15) is 6.42 Å². The van der Waals surface area contributed by atoms with Crippen molar-refractivity contribution < 1.29 is 9.53 Å². The van der Waals surface area contributed by atoms with Gasteiger partial charge < -0.3 is 10.1 Å². The minimum atomic E-state index is 0.120. The molecule has 0 spiro atoms. The Morgan fingerprint density at radius 2 is 2.58 bits per heavy atom. The number of rotatable bonds is 3. The Kier molecular flexibility index (Phi) is 1.99. The molecular weight excluding hydrogens is 174 g/mol. The zero-order valence-corrected chi connectivity index (χ0v) is 7.26. The maximum atomic E-state index is 10.5. The van der Waals surface area contributed by atoms with Gasteiger partial charge in [-0.15, -0.1) is 11.3 Å². The van der Waals surface area contributed by atoms with E-state index in [9.17, 15) is 4.79 Å². The largest absolute Gasteiger partial charge is 0.482 e. The average molecular weight is 183 g/mol. The smallest absolute Gasteiger partial charge is 0.222 e. The van der Waals surface area contributed by atoms with Crippen molar-refractivity contribution in [1.29, 1.82) is 0 Å². The summed E-state index contributed by atoms with van der Waals surface area (Å²) < 4.78 is 5.40. The third kappa shape index (κ3) is 1.58. The summed E-state index contributed by atoms with van der Waals surface area (Å²) in [7, 11) is 0. The number of carbonyl (C=O) groups is 1. The Balaban J connectivity index is 1.73. The second kappa shape index (κ2) is 3.15. The molecule has 0 bridgehead atoms. The summed E-state index contributed by atoms with van der Waals surface area (Å²) in [6, 6.07) is 4.09. The number of hydrogen-bond donors (Lipinski definition) is 1. The third-order valence-corrected chi connectivity index (χ3v) is 2.50. The molecule has 0 unspecified atom stereocenters. The molecule has 3 nitrogen and oxygen atoms in total. The van der Waals surface area contributed by atoms with E-state index in [0.717, 1.165) is 5.06 Å². The zero-order chi connectivity index (χ0) is 8.39. The van der Waals surface area contributed by atoms with Crippen LogP contribution in [0.4, 0.5) is 0 Å². The van der Waals surface area contributed by atoms with E-state index in [2.05, 4.69) is 5.32 Å². The van der Waals surface area contributed by atoms with Crippen molar-refractivity contribution in [3.63, 3.8) is 0 Å². The van der Waals surface area contributed by atoms with Gasteiger partial charge in [-0.2, -0.15) is 0 Å². The van der Waals surface area contributed by atoms with Crippen LogP contribution in [0.15, 0.2) is 17.5 Å². The summed E-state index contributed by atoms with van der Waals surface area (Å²) in [4.78, 5) is 10.5. The van der Waals surface area contributed by atoms with E-state index in [4.69, 9.17) is 4.74 Å². The van der Waals surface area contributed by atoms with Gasteiger partial charge in [-0.25, -0.2) is 0 Å². The highest BCUT2D eigenvalue weighted by atomic mass is 32.1. The van der Waals surface area contributed by atoms with Gasteiger partial charge in [0.25, 0.3) is 0 Å². The molecule has 0 aliphatic carbocycles. The van der Waals surface area contributed by atoms with Crippen LogP contribution >= 0.6 is 11.3 Å². The summed E-state index contributed by atoms with van der Waals surface area (Å²) >= 11 is 1.57. The van der Waals surface area contributed by atoms with E-state index in [0.29, 0.717) is 13.0 Å². The van der Waals surface area contributed by atoms with Gasteiger partial charge >= 0.3 is 0 Å². The minimum Gasteiger partial charge on any atom is -0.482 e. The molecule has 1 atom stereocenters. The van der Waals surface area contributed by atoms with Gasteiger partial charge in [0, 0.05) is 0 Å². The summed E-state index contributed by atoms with van der Waals surface area (Å²) in [5.41, 5.74) is 0. The van der Waals surface area contributed by atoms with Crippen LogP contribution in [-0.4, -0.2) is 18.6 Å². The Hall–Kier alpha value is -1.03. The summed E-state index contributed by atoms with van der Waals surface area (Å²) in [6.07, 6.45) is 0.603. The number of ether oxygens (including phenoxy) is 1. The van der Waals surface area contributed by atoms with E-state index in [1.54, 1.807) is 11.3 Å². The quantitative estimate of drug-likeness (QED) is 0.710. The first kappa shape index (κ1) is 7.61. The molecule has 1 saturated heterocycles. The second-order valence-electron chi connectivity index (χ2n) is 2.71. The van der Waals surface area contributed by atoms with Gasteiger partial charge in [0.2, 0.25) is 5.91 Å². The van der Waals surface area contributed by atoms with Gasteiger partial charge in [0.15, 0.2) is 5.06 Å². The normalized spacial score (nSPS) is 21.3. The van der Waals surface area contributed by atoms with Crippen LogP contribution in [0.3, 0.4) is 0 Å². The summed E-state index contributed by atoms with van der Waals surface area (Å²) in [5, 5.41) is 5.63. The molecule has 4 heteroatoms. The summed E-state index contributed by atoms with van der Waals surface area (Å²) in [5.74, 6) is 0.120. The highest BCUT2D eigenvalue weighted by Gasteiger charge is 2.25. The van der Waals surface area contributed by atoms with Crippen molar-refractivity contribution in [2.45, 2.75) is 12.5 Å². The molecule has 1 N–H and O–H groups in total. The number of amides is 1. The van der Waals surface area contributed by atoms with E-state index in [-0.39, 0.29) is 11.9 Å². The number of hydrogen-bond acceptors (Lipinski definition) is 3. The van der Waals surface area contributed by atoms with E-state index >= 15 is 0 Å². The SMILES string of the molecule is O=C1C[C@@H](COc2cccs2)N1. The second-order valence-corrected chi connectivity index (χ2v) is 3.62. The van der Waals surface area contributed by atoms with Gasteiger partial charge in [0.05, 0.1) is 12.5 Å². The van der Waals surface area contributed by atoms with Gasteiger partial charge in [-0.05, 0) is 17.5 Å². The van der Waals surface area contributed by atoms with E-state index in [1.165, 1.54) is 0 Å². The van der Waals surface area contributed by atoms with Crippen LogP contribution in [0.2, 0.25) is 0 Å². The molecule has 0 saturated carbocycles. The molecule has 2 rings (SSSR count). The first-order chi connectivity index (χ1) is 5.84. The number of carbonyl (C=O) groups excluding carboxylic acids is 1. The standard InChI is InChI=1S/C8H9NO2S/c10-7-4-6(9-7)5-11-8-2-1-3-12-8/h1-3,6H,4-5H2,(H,9,10)/t6-/m0/s1. The zero-order valence-electron chi connectivity index (χ0n) is 6.45. The predicted octanol–water partition coefficient (Wildman–Crippen LogP) is 1.02. The predicted molar refractivity (Wildman–Crippen MR) is 46.4 cm³/mol. The average Bonchev–Trinajstić information content (AvgIpc) is 2.47. The summed E-state index contributed by atoms with van der Waals surface area (Å²) in [6.45, 7) is 0.590. The molecule has 1 aliphatic rings. The number of thiophene rings is 1. The minimum absolute atomic E-state index is 0.120. The monoisotopic (exact) mass is 183 g/mol. The lowest BCUT2D eigenvalue weighted by molar-refractivity contribution is -0.128.